The van der Waals surface area contributed by atoms with Gasteiger partial charge in [-0.1, -0.05) is 44.2 Å². The fraction of sp³-hybridized carbons (Fsp3) is 0.200. The molecule has 0 aromatic heterocycles. The fourth-order valence-corrected chi connectivity index (χ4v) is 4.49. The van der Waals surface area contributed by atoms with Gasteiger partial charge in [0.15, 0.2) is 11.6 Å². The van der Waals surface area contributed by atoms with E-state index < -0.39 is 11.2 Å². The van der Waals surface area contributed by atoms with Gasteiger partial charge in [0.2, 0.25) is 0 Å². The number of fused-ring (bicyclic) bond motifs is 3. The maximum Gasteiger partial charge on any atom is 0.165 e. The van der Waals surface area contributed by atoms with Gasteiger partial charge in [-0.15, -0.1) is 0 Å². The van der Waals surface area contributed by atoms with Crippen molar-refractivity contribution in [3.8, 4) is 22.6 Å². The predicted octanol–water partition coefficient (Wildman–Crippen LogP) is 5.79. The summed E-state index contributed by atoms with van der Waals surface area (Å²) < 4.78 is 25.6. The molecule has 5 rings (SSSR count). The van der Waals surface area contributed by atoms with Crippen molar-refractivity contribution >= 4 is 11.4 Å². The van der Waals surface area contributed by atoms with E-state index in [1.165, 1.54) is 11.1 Å². The molecule has 30 heavy (non-hydrogen) atoms. The van der Waals surface area contributed by atoms with Crippen LogP contribution in [-0.4, -0.2) is 18.9 Å². The molecule has 0 radical (unpaired) electrons. The lowest BCUT2D eigenvalue weighted by molar-refractivity contribution is 0.270. The first kappa shape index (κ1) is 18.7. The van der Waals surface area contributed by atoms with E-state index in [9.17, 15) is 9.60 Å². The van der Waals surface area contributed by atoms with E-state index >= 15 is 0 Å². The molecule has 2 heterocycles. The molecular weight excluding hydrogens is 381 g/mol. The molecule has 0 bridgehead atoms. The minimum atomic E-state index is -0.428. The first-order chi connectivity index (χ1) is 14.4. The lowest BCUT2D eigenvalue weighted by Gasteiger charge is -2.43. The molecule has 0 amide bonds. The van der Waals surface area contributed by atoms with Gasteiger partial charge in [-0.25, -0.2) is 9.45 Å². The van der Waals surface area contributed by atoms with Crippen LogP contribution in [0.25, 0.3) is 16.8 Å². The summed E-state index contributed by atoms with van der Waals surface area (Å²) in [5.41, 5.74) is 5.27. The Labute approximate surface area is 174 Å². The summed E-state index contributed by atoms with van der Waals surface area (Å²) >= 11 is 0. The summed E-state index contributed by atoms with van der Waals surface area (Å²) in [5, 5.41) is 12.3. The molecule has 0 spiro atoms. The van der Waals surface area contributed by atoms with E-state index in [2.05, 4.69) is 19.9 Å². The van der Waals surface area contributed by atoms with Gasteiger partial charge < -0.3 is 9.47 Å². The van der Waals surface area contributed by atoms with Crippen LogP contribution in [0.2, 0.25) is 0 Å². The quantitative estimate of drug-likeness (QED) is 0.588. The van der Waals surface area contributed by atoms with Gasteiger partial charge in [-0.05, 0) is 41.5 Å². The Bertz CT molecular complexity index is 1200. The van der Waals surface area contributed by atoms with Crippen molar-refractivity contribution < 1.29 is 19.1 Å². The summed E-state index contributed by atoms with van der Waals surface area (Å²) in [6.07, 6.45) is 0. The van der Waals surface area contributed by atoms with Crippen LogP contribution in [0.4, 0.5) is 10.1 Å². The maximum atomic E-state index is 14.3. The average molecular weight is 403 g/mol. The Hall–Kier alpha value is -3.31. The van der Waals surface area contributed by atoms with Gasteiger partial charge in [0, 0.05) is 22.1 Å². The van der Waals surface area contributed by atoms with E-state index in [4.69, 9.17) is 9.47 Å². The van der Waals surface area contributed by atoms with Crippen LogP contribution < -0.4 is 14.5 Å². The monoisotopic (exact) mass is 403 g/mol. The number of methoxy groups -OCH3 is 1. The lowest BCUT2D eigenvalue weighted by atomic mass is 9.72. The molecule has 4 nitrogen and oxygen atoms in total. The molecule has 3 aromatic rings. The first-order valence-corrected chi connectivity index (χ1v) is 9.85. The second kappa shape index (κ2) is 6.61. The highest BCUT2D eigenvalue weighted by Gasteiger charge is 2.42. The van der Waals surface area contributed by atoms with Gasteiger partial charge in [0.25, 0.3) is 0 Å². The summed E-state index contributed by atoms with van der Waals surface area (Å²) in [6, 6.07) is 18.6. The fourth-order valence-electron chi connectivity index (χ4n) is 4.49. The predicted molar refractivity (Wildman–Crippen MR) is 115 cm³/mol. The third-order valence-electron chi connectivity index (χ3n) is 6.15. The van der Waals surface area contributed by atoms with Crippen molar-refractivity contribution in [1.82, 2.24) is 0 Å². The summed E-state index contributed by atoms with van der Waals surface area (Å²) in [7, 11) is 1.66. The summed E-state index contributed by atoms with van der Waals surface area (Å²) in [6.45, 7) is 4.42. The molecule has 0 saturated carbocycles. The van der Waals surface area contributed by atoms with Crippen molar-refractivity contribution in [3.63, 3.8) is 0 Å². The minimum Gasteiger partial charge on any atom is -0.496 e. The van der Waals surface area contributed by atoms with Gasteiger partial charge in [-0.3, -0.25) is 5.21 Å². The number of ether oxygens (including phenoxy) is 2. The van der Waals surface area contributed by atoms with Crippen LogP contribution in [0.1, 0.15) is 25.0 Å². The number of rotatable bonds is 2. The number of benzene rings is 3. The van der Waals surface area contributed by atoms with Crippen molar-refractivity contribution in [2.75, 3.05) is 18.8 Å². The summed E-state index contributed by atoms with van der Waals surface area (Å²) in [4.78, 5) is 0. The van der Waals surface area contributed by atoms with Gasteiger partial charge in [-0.2, -0.15) is 0 Å². The zero-order chi connectivity index (χ0) is 21.0. The van der Waals surface area contributed by atoms with Crippen LogP contribution in [0, 0.1) is 5.82 Å². The van der Waals surface area contributed by atoms with E-state index in [-0.39, 0.29) is 12.4 Å². The number of hydrogen-bond acceptors (Lipinski definition) is 4. The molecule has 1 N–H and O–H groups in total. The van der Waals surface area contributed by atoms with E-state index in [0.717, 1.165) is 28.0 Å². The van der Waals surface area contributed by atoms with E-state index in [0.29, 0.717) is 16.9 Å². The third kappa shape index (κ3) is 2.55. The smallest absolute Gasteiger partial charge is 0.165 e. The SMILES string of the molecule is COc1ccccc1-c1ccc2c(c1)C(C)(C)C1=C(c3cccc(F)c3OC1)N2O. The Morgan fingerprint density at radius 3 is 2.60 bits per heavy atom. The molecule has 0 fully saturated rings. The largest absolute Gasteiger partial charge is 0.496 e. The summed E-state index contributed by atoms with van der Waals surface area (Å²) in [5.74, 6) is 0.542. The number of para-hydroxylation sites is 2. The number of halogens is 1. The van der Waals surface area contributed by atoms with Crippen LogP contribution in [0.3, 0.4) is 0 Å². The minimum absolute atomic E-state index is 0.181. The molecular formula is C25H22FNO3. The van der Waals surface area contributed by atoms with Crippen molar-refractivity contribution in [2.24, 2.45) is 0 Å². The van der Waals surface area contributed by atoms with Crippen LogP contribution in [0.15, 0.2) is 66.2 Å². The average Bonchev–Trinajstić information content (AvgIpc) is 2.77. The van der Waals surface area contributed by atoms with Gasteiger partial charge in [0.05, 0.1) is 18.5 Å². The molecule has 3 aromatic carbocycles. The molecule has 152 valence electrons. The second-order valence-corrected chi connectivity index (χ2v) is 8.10. The third-order valence-corrected chi connectivity index (χ3v) is 6.15. The molecule has 0 aliphatic carbocycles. The molecule has 2 aliphatic heterocycles. The number of anilines is 1. The number of hydrogen-bond donors (Lipinski definition) is 1. The van der Waals surface area contributed by atoms with Crippen molar-refractivity contribution in [1.29, 1.82) is 0 Å². The number of hydroxylamine groups is 1. The molecule has 0 saturated heterocycles. The Balaban J connectivity index is 1.70. The maximum absolute atomic E-state index is 14.3. The van der Waals surface area contributed by atoms with Crippen molar-refractivity contribution in [2.45, 2.75) is 19.3 Å². The Morgan fingerprint density at radius 2 is 1.80 bits per heavy atom. The van der Waals surface area contributed by atoms with Crippen LogP contribution in [0.5, 0.6) is 11.5 Å². The van der Waals surface area contributed by atoms with Crippen LogP contribution >= 0.6 is 0 Å². The molecule has 0 unspecified atom stereocenters. The standard InChI is InChI=1S/C25H22FNO3/c1-25(2)18-13-15(16-7-4-5-10-22(16)29-3)11-12-21(18)27(28)23-17-8-6-9-20(26)24(17)30-14-19(23)25/h4-13,28H,14H2,1-3H3. The Kier molecular flexibility index (Phi) is 4.12. The van der Waals surface area contributed by atoms with E-state index in [1.807, 2.05) is 36.4 Å². The van der Waals surface area contributed by atoms with Crippen molar-refractivity contribution in [3.05, 3.63) is 83.2 Å². The topological polar surface area (TPSA) is 41.9 Å². The van der Waals surface area contributed by atoms with Gasteiger partial charge in [0.1, 0.15) is 12.4 Å². The molecule has 0 atom stereocenters. The molecule has 5 heteroatoms. The number of nitrogens with zero attached hydrogens (tertiary/aromatic N) is 1. The molecule has 2 aliphatic rings. The zero-order valence-corrected chi connectivity index (χ0v) is 17.1. The van der Waals surface area contributed by atoms with E-state index in [1.54, 1.807) is 19.2 Å². The highest BCUT2D eigenvalue weighted by molar-refractivity contribution is 5.90. The first-order valence-electron chi connectivity index (χ1n) is 9.85. The Morgan fingerprint density at radius 1 is 1.03 bits per heavy atom. The zero-order valence-electron chi connectivity index (χ0n) is 17.1. The van der Waals surface area contributed by atoms with Crippen LogP contribution in [-0.2, 0) is 5.41 Å². The highest BCUT2D eigenvalue weighted by atomic mass is 19.1. The second-order valence-electron chi connectivity index (χ2n) is 8.10. The normalized spacial score (nSPS) is 16.4. The van der Waals surface area contributed by atoms with Gasteiger partial charge >= 0.3 is 0 Å². The highest BCUT2D eigenvalue weighted by Crippen LogP contribution is 2.52. The lowest BCUT2D eigenvalue weighted by Crippen LogP contribution is -2.38.